The molecule has 1 aromatic heterocycles. The van der Waals surface area contributed by atoms with Gasteiger partial charge >= 0.3 is 11.9 Å². The fourth-order valence-electron chi connectivity index (χ4n) is 1.91. The van der Waals surface area contributed by atoms with Gasteiger partial charge < -0.3 is 15.2 Å². The molecule has 0 aliphatic carbocycles. The Balaban J connectivity index is 2.53. The molecule has 17 heavy (non-hydrogen) atoms. The minimum absolute atomic E-state index is 0.139. The highest BCUT2D eigenvalue weighted by molar-refractivity contribution is 5.92. The molecular weight excluding hydrogens is 222 g/mol. The molecule has 1 heterocycles. The molecule has 0 spiro atoms. The number of rotatable bonds is 4. The second-order valence-corrected chi connectivity index (χ2v) is 3.77. The number of fused-ring (bicyclic) bond motifs is 1. The van der Waals surface area contributed by atoms with Crippen LogP contribution in [0.15, 0.2) is 24.3 Å². The van der Waals surface area contributed by atoms with Gasteiger partial charge in [-0.3, -0.25) is 9.59 Å². The Bertz CT molecular complexity index is 535. The number of benzene rings is 1. The van der Waals surface area contributed by atoms with E-state index >= 15 is 0 Å². The van der Waals surface area contributed by atoms with Crippen molar-refractivity contribution in [2.24, 2.45) is 0 Å². The highest BCUT2D eigenvalue weighted by Crippen LogP contribution is 2.23. The molecule has 2 aromatic rings. The van der Waals surface area contributed by atoms with E-state index < -0.39 is 11.9 Å². The Labute approximate surface area is 96.7 Å². The highest BCUT2D eigenvalue weighted by Gasteiger charge is 2.13. The lowest BCUT2D eigenvalue weighted by Crippen LogP contribution is -2.03. The molecule has 0 saturated heterocycles. The average Bonchev–Trinajstić information content (AvgIpc) is 2.56. The number of carboxylic acid groups (broad SMARTS) is 2. The Kier molecular flexibility index (Phi) is 2.82. The number of aromatic nitrogens is 1. The summed E-state index contributed by atoms with van der Waals surface area (Å²) >= 11 is 0. The number of aromatic amines is 1. The smallest absolute Gasteiger partial charge is 0.309 e. The predicted molar refractivity (Wildman–Crippen MR) is 61.0 cm³/mol. The van der Waals surface area contributed by atoms with Gasteiger partial charge in [-0.25, -0.2) is 0 Å². The van der Waals surface area contributed by atoms with Crippen molar-refractivity contribution in [3.63, 3.8) is 0 Å². The normalized spacial score (nSPS) is 10.6. The molecule has 88 valence electrons. The lowest BCUT2D eigenvalue weighted by Gasteiger charge is -1.93. The Morgan fingerprint density at radius 3 is 1.71 bits per heavy atom. The van der Waals surface area contributed by atoms with Gasteiger partial charge in [0.1, 0.15) is 0 Å². The van der Waals surface area contributed by atoms with Gasteiger partial charge in [0, 0.05) is 22.2 Å². The van der Waals surface area contributed by atoms with Crippen LogP contribution in [0.4, 0.5) is 0 Å². The summed E-state index contributed by atoms with van der Waals surface area (Å²) in [5, 5.41) is 19.1. The maximum atomic E-state index is 10.7. The van der Waals surface area contributed by atoms with Crippen molar-refractivity contribution >= 4 is 22.7 Å². The van der Waals surface area contributed by atoms with Crippen molar-refractivity contribution in [3.8, 4) is 0 Å². The number of nitrogens with one attached hydrogen (secondary N) is 1. The van der Waals surface area contributed by atoms with E-state index in [1.54, 1.807) is 24.3 Å². The molecule has 0 bridgehead atoms. The summed E-state index contributed by atoms with van der Waals surface area (Å²) in [6.07, 6.45) is -0.278. The molecule has 2 rings (SSSR count). The molecule has 0 fully saturated rings. The van der Waals surface area contributed by atoms with E-state index in [1.165, 1.54) is 0 Å². The van der Waals surface area contributed by atoms with Gasteiger partial charge in [-0.05, 0) is 0 Å². The van der Waals surface area contributed by atoms with Crippen molar-refractivity contribution in [2.45, 2.75) is 12.8 Å². The summed E-state index contributed by atoms with van der Waals surface area (Å²) < 4.78 is 0. The molecule has 3 N–H and O–H groups in total. The summed E-state index contributed by atoms with van der Waals surface area (Å²) in [4.78, 5) is 24.3. The van der Waals surface area contributed by atoms with Gasteiger partial charge in [0.2, 0.25) is 0 Å². The number of aliphatic carboxylic acids is 2. The van der Waals surface area contributed by atoms with Crippen LogP contribution in [0, 0.1) is 0 Å². The van der Waals surface area contributed by atoms with E-state index in [4.69, 9.17) is 10.2 Å². The Morgan fingerprint density at radius 2 is 1.35 bits per heavy atom. The summed E-state index contributed by atoms with van der Waals surface area (Å²) in [6.45, 7) is 0. The summed E-state index contributed by atoms with van der Waals surface area (Å²) in [5.74, 6) is -1.89. The van der Waals surface area contributed by atoms with Gasteiger partial charge in [-0.2, -0.15) is 0 Å². The van der Waals surface area contributed by atoms with Crippen molar-refractivity contribution in [2.75, 3.05) is 0 Å². The quantitative estimate of drug-likeness (QED) is 0.744. The molecule has 5 heteroatoms. The van der Waals surface area contributed by atoms with Gasteiger partial charge in [0.05, 0.1) is 12.8 Å². The standard InChI is InChI=1S/C12H11NO4/c14-11(15)5-9-7-3-1-2-4-8(7)10(13-9)6-12(16)17/h1-4,13H,5-6H2,(H,14,15)(H,16,17). The maximum absolute atomic E-state index is 10.7. The first-order valence-electron chi connectivity index (χ1n) is 5.10. The third-order valence-electron chi connectivity index (χ3n) is 2.54. The zero-order valence-corrected chi connectivity index (χ0v) is 8.93. The maximum Gasteiger partial charge on any atom is 0.309 e. The second kappa shape index (κ2) is 4.29. The predicted octanol–water partition coefficient (Wildman–Crippen LogP) is 1.42. The SMILES string of the molecule is O=C(O)Cc1[nH]c(CC(=O)O)c2ccccc12. The van der Waals surface area contributed by atoms with E-state index in [-0.39, 0.29) is 12.8 Å². The van der Waals surface area contributed by atoms with Crippen molar-refractivity contribution in [3.05, 3.63) is 35.7 Å². The average molecular weight is 233 g/mol. The van der Waals surface area contributed by atoms with Gasteiger partial charge in [-0.1, -0.05) is 24.3 Å². The molecule has 5 nitrogen and oxygen atoms in total. The molecular formula is C12H11NO4. The molecule has 0 aliphatic heterocycles. The van der Waals surface area contributed by atoms with Crippen LogP contribution in [-0.4, -0.2) is 27.1 Å². The zero-order chi connectivity index (χ0) is 12.4. The zero-order valence-electron chi connectivity index (χ0n) is 8.93. The highest BCUT2D eigenvalue weighted by atomic mass is 16.4. The molecule has 0 amide bonds. The van der Waals surface area contributed by atoms with E-state index in [0.29, 0.717) is 11.4 Å². The topological polar surface area (TPSA) is 90.4 Å². The first kappa shape index (κ1) is 11.2. The van der Waals surface area contributed by atoms with Crippen LogP contribution < -0.4 is 0 Å². The second-order valence-electron chi connectivity index (χ2n) is 3.77. The van der Waals surface area contributed by atoms with E-state index in [1.807, 2.05) is 0 Å². The number of hydrogen-bond acceptors (Lipinski definition) is 2. The molecule has 0 unspecified atom stereocenters. The minimum Gasteiger partial charge on any atom is -0.481 e. The van der Waals surface area contributed by atoms with E-state index in [9.17, 15) is 9.59 Å². The third-order valence-corrected chi connectivity index (χ3v) is 2.54. The van der Waals surface area contributed by atoms with Crippen molar-refractivity contribution in [1.29, 1.82) is 0 Å². The number of H-pyrrole nitrogens is 1. The molecule has 1 aromatic carbocycles. The van der Waals surface area contributed by atoms with E-state index in [2.05, 4.69) is 4.98 Å². The Hall–Kier alpha value is -2.30. The van der Waals surface area contributed by atoms with Crippen molar-refractivity contribution < 1.29 is 19.8 Å². The summed E-state index contributed by atoms with van der Waals surface area (Å²) in [5.41, 5.74) is 1.09. The van der Waals surface area contributed by atoms with Gasteiger partial charge in [0.15, 0.2) is 0 Å². The number of carbonyl (C=O) groups is 2. The van der Waals surface area contributed by atoms with Crippen LogP contribution in [0.25, 0.3) is 10.8 Å². The fourth-order valence-corrected chi connectivity index (χ4v) is 1.91. The number of hydrogen-bond donors (Lipinski definition) is 3. The molecule has 0 atom stereocenters. The Morgan fingerprint density at radius 1 is 0.941 bits per heavy atom. The van der Waals surface area contributed by atoms with Crippen LogP contribution in [0.1, 0.15) is 11.4 Å². The van der Waals surface area contributed by atoms with Crippen LogP contribution in [0.3, 0.4) is 0 Å². The summed E-state index contributed by atoms with van der Waals surface area (Å²) in [6, 6.07) is 7.17. The molecule has 0 radical (unpaired) electrons. The van der Waals surface area contributed by atoms with Crippen LogP contribution in [0.5, 0.6) is 0 Å². The molecule has 0 saturated carbocycles. The first-order valence-corrected chi connectivity index (χ1v) is 5.10. The summed E-state index contributed by atoms with van der Waals surface area (Å²) in [7, 11) is 0. The lowest BCUT2D eigenvalue weighted by atomic mass is 10.1. The van der Waals surface area contributed by atoms with Gasteiger partial charge in [0.25, 0.3) is 0 Å². The van der Waals surface area contributed by atoms with E-state index in [0.717, 1.165) is 10.8 Å². The van der Waals surface area contributed by atoms with Crippen LogP contribution in [0.2, 0.25) is 0 Å². The number of carboxylic acids is 2. The monoisotopic (exact) mass is 233 g/mol. The van der Waals surface area contributed by atoms with Crippen molar-refractivity contribution in [1.82, 2.24) is 4.98 Å². The minimum atomic E-state index is -0.945. The van der Waals surface area contributed by atoms with Crippen LogP contribution >= 0.6 is 0 Å². The largest absolute Gasteiger partial charge is 0.481 e. The first-order chi connectivity index (χ1) is 8.08. The fraction of sp³-hybridized carbons (Fsp3) is 0.167. The molecule has 0 aliphatic rings. The van der Waals surface area contributed by atoms with Crippen LogP contribution in [-0.2, 0) is 22.4 Å². The van der Waals surface area contributed by atoms with Gasteiger partial charge in [-0.15, -0.1) is 0 Å². The lowest BCUT2D eigenvalue weighted by molar-refractivity contribution is -0.137. The third kappa shape index (κ3) is 2.28.